The first-order chi connectivity index (χ1) is 12.6. The van der Waals surface area contributed by atoms with Gasteiger partial charge in [0.05, 0.1) is 24.3 Å². The highest BCUT2D eigenvalue weighted by Crippen LogP contribution is 2.35. The number of para-hydroxylation sites is 1. The summed E-state index contributed by atoms with van der Waals surface area (Å²) in [4.78, 5) is 17.0. The molecule has 5 nitrogen and oxygen atoms in total. The number of benzene rings is 2. The van der Waals surface area contributed by atoms with Crippen LogP contribution in [0.1, 0.15) is 12.5 Å². The first-order valence-corrected chi connectivity index (χ1v) is 8.77. The summed E-state index contributed by atoms with van der Waals surface area (Å²) >= 11 is 1.21. The Kier molecular flexibility index (Phi) is 5.58. The topological polar surface area (TPSA) is 59.9 Å². The third kappa shape index (κ3) is 4.05. The summed E-state index contributed by atoms with van der Waals surface area (Å²) in [6, 6.07) is 11.2. The van der Waals surface area contributed by atoms with Crippen molar-refractivity contribution >= 4 is 34.6 Å². The molecule has 0 radical (unpaired) electrons. The van der Waals surface area contributed by atoms with Crippen molar-refractivity contribution in [1.29, 1.82) is 0 Å². The van der Waals surface area contributed by atoms with Crippen molar-refractivity contribution in [2.24, 2.45) is 4.99 Å². The van der Waals surface area contributed by atoms with Gasteiger partial charge in [0.15, 0.2) is 16.7 Å². The monoisotopic (exact) mass is 372 g/mol. The van der Waals surface area contributed by atoms with Gasteiger partial charge in [0, 0.05) is 5.56 Å². The van der Waals surface area contributed by atoms with Gasteiger partial charge in [-0.15, -0.1) is 0 Å². The molecule has 0 aliphatic carbocycles. The first kappa shape index (κ1) is 18.0. The average Bonchev–Trinajstić information content (AvgIpc) is 2.97. The molecule has 1 heterocycles. The molecular formula is C19H17FN2O3S. The molecule has 0 unspecified atom stereocenters. The molecule has 1 saturated heterocycles. The van der Waals surface area contributed by atoms with Crippen molar-refractivity contribution in [1.82, 2.24) is 5.32 Å². The highest BCUT2D eigenvalue weighted by molar-refractivity contribution is 8.18. The predicted octanol–water partition coefficient (Wildman–Crippen LogP) is 4.12. The molecule has 0 bridgehead atoms. The number of hydrogen-bond donors (Lipinski definition) is 1. The SMILES string of the molecule is CCOc1cccc(/C=C2\SC(=Nc3ccc(F)cc3)NC2=O)c1OC. The van der Waals surface area contributed by atoms with Crippen LogP contribution in [0.3, 0.4) is 0 Å². The zero-order valence-corrected chi connectivity index (χ0v) is 15.1. The maximum absolute atomic E-state index is 13.0. The van der Waals surface area contributed by atoms with E-state index >= 15 is 0 Å². The van der Waals surface area contributed by atoms with Gasteiger partial charge in [0.25, 0.3) is 5.91 Å². The summed E-state index contributed by atoms with van der Waals surface area (Å²) in [7, 11) is 1.56. The highest BCUT2D eigenvalue weighted by Gasteiger charge is 2.24. The fraction of sp³-hybridized carbons (Fsp3) is 0.158. The van der Waals surface area contributed by atoms with Gasteiger partial charge in [-0.2, -0.15) is 0 Å². The van der Waals surface area contributed by atoms with Crippen LogP contribution in [0.4, 0.5) is 10.1 Å². The van der Waals surface area contributed by atoms with Gasteiger partial charge in [-0.3, -0.25) is 4.79 Å². The number of hydrogen-bond acceptors (Lipinski definition) is 5. The Labute approximate surface area is 154 Å². The molecule has 1 fully saturated rings. The predicted molar refractivity (Wildman–Crippen MR) is 101 cm³/mol. The molecule has 1 aliphatic rings. The lowest BCUT2D eigenvalue weighted by molar-refractivity contribution is -0.115. The van der Waals surface area contributed by atoms with E-state index < -0.39 is 0 Å². The Morgan fingerprint density at radius 3 is 2.69 bits per heavy atom. The number of methoxy groups -OCH3 is 1. The summed E-state index contributed by atoms with van der Waals surface area (Å²) in [6.07, 6.45) is 1.73. The molecule has 1 N–H and O–H groups in total. The van der Waals surface area contributed by atoms with Gasteiger partial charge in [-0.1, -0.05) is 12.1 Å². The Morgan fingerprint density at radius 2 is 2.00 bits per heavy atom. The highest BCUT2D eigenvalue weighted by atomic mass is 32.2. The minimum Gasteiger partial charge on any atom is -0.492 e. The van der Waals surface area contributed by atoms with Crippen LogP contribution in [0.25, 0.3) is 6.08 Å². The third-order valence-electron chi connectivity index (χ3n) is 3.51. The van der Waals surface area contributed by atoms with Crippen LogP contribution in [0.2, 0.25) is 0 Å². The third-order valence-corrected chi connectivity index (χ3v) is 4.42. The number of thioether (sulfide) groups is 1. The second-order valence-electron chi connectivity index (χ2n) is 5.27. The summed E-state index contributed by atoms with van der Waals surface area (Å²) < 4.78 is 24.0. The maximum Gasteiger partial charge on any atom is 0.264 e. The minimum absolute atomic E-state index is 0.250. The van der Waals surface area contributed by atoms with Crippen molar-refractivity contribution in [2.75, 3.05) is 13.7 Å². The molecule has 0 atom stereocenters. The zero-order valence-electron chi connectivity index (χ0n) is 14.3. The van der Waals surface area contributed by atoms with Crippen LogP contribution in [0, 0.1) is 5.82 Å². The number of nitrogens with zero attached hydrogens (tertiary/aromatic N) is 1. The first-order valence-electron chi connectivity index (χ1n) is 7.95. The molecule has 0 saturated carbocycles. The number of rotatable bonds is 5. The van der Waals surface area contributed by atoms with Gasteiger partial charge < -0.3 is 14.8 Å². The normalized spacial score (nSPS) is 16.8. The summed E-state index contributed by atoms with van der Waals surface area (Å²) in [5, 5.41) is 3.14. The van der Waals surface area contributed by atoms with Crippen molar-refractivity contribution in [3.63, 3.8) is 0 Å². The van der Waals surface area contributed by atoms with E-state index in [0.29, 0.717) is 33.9 Å². The number of halogens is 1. The van der Waals surface area contributed by atoms with Crippen LogP contribution in [-0.4, -0.2) is 24.8 Å². The molecule has 0 aromatic heterocycles. The lowest BCUT2D eigenvalue weighted by atomic mass is 10.1. The second kappa shape index (κ2) is 8.05. The van der Waals surface area contributed by atoms with Gasteiger partial charge in [0.2, 0.25) is 0 Å². The molecule has 3 rings (SSSR count). The summed E-state index contributed by atoms with van der Waals surface area (Å²) in [6.45, 7) is 2.41. The second-order valence-corrected chi connectivity index (χ2v) is 6.30. The molecule has 1 aliphatic heterocycles. The lowest BCUT2D eigenvalue weighted by Crippen LogP contribution is -2.19. The number of aliphatic imine (C=N–C) groups is 1. The van der Waals surface area contributed by atoms with Crippen LogP contribution < -0.4 is 14.8 Å². The Bertz CT molecular complexity index is 879. The Morgan fingerprint density at radius 1 is 1.23 bits per heavy atom. The van der Waals surface area contributed by atoms with E-state index in [4.69, 9.17) is 9.47 Å². The van der Waals surface area contributed by atoms with E-state index in [2.05, 4.69) is 10.3 Å². The molecule has 2 aromatic rings. The van der Waals surface area contributed by atoms with E-state index in [9.17, 15) is 9.18 Å². The molecule has 7 heteroatoms. The average molecular weight is 372 g/mol. The van der Waals surface area contributed by atoms with Gasteiger partial charge >= 0.3 is 0 Å². The fourth-order valence-electron chi connectivity index (χ4n) is 2.39. The molecular weight excluding hydrogens is 355 g/mol. The Hall–Kier alpha value is -2.80. The molecule has 2 aromatic carbocycles. The van der Waals surface area contributed by atoms with Gasteiger partial charge in [-0.25, -0.2) is 9.38 Å². The minimum atomic E-state index is -0.334. The van der Waals surface area contributed by atoms with E-state index in [-0.39, 0.29) is 11.7 Å². The summed E-state index contributed by atoms with van der Waals surface area (Å²) in [5.41, 5.74) is 1.30. The number of amides is 1. The molecule has 26 heavy (non-hydrogen) atoms. The maximum atomic E-state index is 13.0. The van der Waals surface area contributed by atoms with Crippen LogP contribution in [-0.2, 0) is 4.79 Å². The molecule has 1 amide bonds. The van der Waals surface area contributed by atoms with Crippen molar-refractivity contribution in [3.05, 3.63) is 58.8 Å². The summed E-state index contributed by atoms with van der Waals surface area (Å²) in [5.74, 6) is 0.603. The molecule has 0 spiro atoms. The smallest absolute Gasteiger partial charge is 0.264 e. The van der Waals surface area contributed by atoms with Gasteiger partial charge in [-0.05, 0) is 55.1 Å². The van der Waals surface area contributed by atoms with Crippen molar-refractivity contribution in [3.8, 4) is 11.5 Å². The Balaban J connectivity index is 1.87. The van der Waals surface area contributed by atoms with Gasteiger partial charge in [0.1, 0.15) is 5.82 Å². The lowest BCUT2D eigenvalue weighted by Gasteiger charge is -2.11. The number of carbonyl (C=O) groups is 1. The van der Waals surface area contributed by atoms with Crippen LogP contribution in [0.15, 0.2) is 52.4 Å². The van der Waals surface area contributed by atoms with E-state index in [1.165, 1.54) is 23.9 Å². The number of amidine groups is 1. The van der Waals surface area contributed by atoms with Crippen LogP contribution in [0.5, 0.6) is 11.5 Å². The number of carbonyl (C=O) groups excluding carboxylic acids is 1. The quantitative estimate of drug-likeness (QED) is 0.802. The number of nitrogens with one attached hydrogen (secondary N) is 1. The zero-order chi connectivity index (χ0) is 18.5. The van der Waals surface area contributed by atoms with Crippen molar-refractivity contribution in [2.45, 2.75) is 6.92 Å². The number of ether oxygens (including phenoxy) is 2. The van der Waals surface area contributed by atoms with E-state index in [1.54, 1.807) is 25.3 Å². The van der Waals surface area contributed by atoms with Crippen molar-refractivity contribution < 1.29 is 18.7 Å². The molecule has 134 valence electrons. The largest absolute Gasteiger partial charge is 0.492 e. The van der Waals surface area contributed by atoms with Crippen LogP contribution >= 0.6 is 11.8 Å². The van der Waals surface area contributed by atoms with E-state index in [0.717, 1.165) is 5.56 Å². The fourth-order valence-corrected chi connectivity index (χ4v) is 3.22. The standard InChI is InChI=1S/C19H17FN2O3S/c1-3-25-15-6-4-5-12(17(15)24-2)11-16-18(23)22-19(26-16)21-14-9-7-13(20)8-10-14/h4-11H,3H2,1-2H3,(H,21,22,23)/b16-11-. The van der Waals surface area contributed by atoms with E-state index in [1.807, 2.05) is 25.1 Å².